The van der Waals surface area contributed by atoms with Crippen LogP contribution >= 0.6 is 0 Å². The number of halogens is 2. The van der Waals surface area contributed by atoms with E-state index in [0.29, 0.717) is 30.8 Å². The molecule has 0 aliphatic heterocycles. The fourth-order valence-corrected chi connectivity index (χ4v) is 1.87. The Morgan fingerprint density at radius 2 is 2.11 bits per heavy atom. The summed E-state index contributed by atoms with van der Waals surface area (Å²) in [6.45, 7) is 0.561. The molecule has 0 amide bonds. The Labute approximate surface area is 109 Å². The van der Waals surface area contributed by atoms with Gasteiger partial charge in [-0.1, -0.05) is 0 Å². The van der Waals surface area contributed by atoms with Crippen LogP contribution in [-0.4, -0.2) is 16.9 Å². The van der Waals surface area contributed by atoms with Crippen LogP contribution in [0.2, 0.25) is 0 Å². The topological polar surface area (TPSA) is 53.1 Å². The molecule has 0 saturated heterocycles. The maximum absolute atomic E-state index is 13.7. The minimum absolute atomic E-state index is 0.0856. The first-order valence-electron chi connectivity index (χ1n) is 5.91. The largest absolute Gasteiger partial charge is 0.494 e. The molecule has 102 valence electrons. The molecule has 4 nitrogen and oxygen atoms in total. The molecule has 1 aromatic carbocycles. The van der Waals surface area contributed by atoms with Crippen molar-refractivity contribution in [3.05, 3.63) is 41.6 Å². The van der Waals surface area contributed by atoms with Gasteiger partial charge in [-0.2, -0.15) is 5.10 Å². The molecule has 6 heteroatoms. The number of ether oxygens (including phenoxy) is 1. The van der Waals surface area contributed by atoms with Crippen molar-refractivity contribution < 1.29 is 13.5 Å². The van der Waals surface area contributed by atoms with Crippen LogP contribution in [0, 0.1) is 11.6 Å². The third kappa shape index (κ3) is 3.01. The predicted molar refractivity (Wildman–Crippen MR) is 67.9 cm³/mol. The molecular formula is C13H15F2N3O. The molecule has 1 aromatic heterocycles. The summed E-state index contributed by atoms with van der Waals surface area (Å²) in [7, 11) is 1.30. The van der Waals surface area contributed by atoms with Gasteiger partial charge in [-0.3, -0.25) is 4.68 Å². The quantitative estimate of drug-likeness (QED) is 0.905. The second-order valence-electron chi connectivity index (χ2n) is 4.16. The van der Waals surface area contributed by atoms with E-state index in [0.717, 1.165) is 6.07 Å². The molecule has 0 unspecified atom stereocenters. The molecule has 0 saturated carbocycles. The van der Waals surface area contributed by atoms with Gasteiger partial charge in [0.2, 0.25) is 0 Å². The zero-order chi connectivity index (χ0) is 13.8. The molecule has 0 spiro atoms. The SMILES string of the molecule is COc1cc(F)c(CCCn2nccc2N)cc1F. The minimum Gasteiger partial charge on any atom is -0.494 e. The van der Waals surface area contributed by atoms with Gasteiger partial charge in [-0.25, -0.2) is 8.78 Å². The number of nitrogens with zero attached hydrogens (tertiary/aromatic N) is 2. The molecule has 1 heterocycles. The summed E-state index contributed by atoms with van der Waals surface area (Å²) in [6.07, 6.45) is 2.63. The Hall–Kier alpha value is -2.11. The van der Waals surface area contributed by atoms with Gasteiger partial charge in [-0.05, 0) is 30.5 Å². The Kier molecular flexibility index (Phi) is 3.99. The summed E-state index contributed by atoms with van der Waals surface area (Å²) in [5.74, 6) is -0.553. The Balaban J connectivity index is 2.00. The molecule has 0 atom stereocenters. The normalized spacial score (nSPS) is 10.7. The van der Waals surface area contributed by atoms with Crippen molar-refractivity contribution in [1.82, 2.24) is 9.78 Å². The number of hydrogen-bond donors (Lipinski definition) is 1. The van der Waals surface area contributed by atoms with E-state index in [2.05, 4.69) is 5.10 Å². The second kappa shape index (κ2) is 5.69. The van der Waals surface area contributed by atoms with Gasteiger partial charge < -0.3 is 10.5 Å². The number of hydrogen-bond acceptors (Lipinski definition) is 3. The highest BCUT2D eigenvalue weighted by molar-refractivity contribution is 5.31. The van der Waals surface area contributed by atoms with Crippen LogP contribution < -0.4 is 10.5 Å². The monoisotopic (exact) mass is 267 g/mol. The molecule has 0 aliphatic carbocycles. The number of nitrogen functional groups attached to an aromatic ring is 1. The van der Waals surface area contributed by atoms with E-state index in [1.165, 1.54) is 13.2 Å². The van der Waals surface area contributed by atoms with Crippen LogP contribution in [0.15, 0.2) is 24.4 Å². The zero-order valence-corrected chi connectivity index (χ0v) is 10.6. The van der Waals surface area contributed by atoms with Crippen LogP contribution in [0.4, 0.5) is 14.6 Å². The number of aromatic nitrogens is 2. The van der Waals surface area contributed by atoms with E-state index in [-0.39, 0.29) is 5.75 Å². The second-order valence-corrected chi connectivity index (χ2v) is 4.16. The summed E-state index contributed by atoms with van der Waals surface area (Å²) in [5, 5.41) is 4.02. The van der Waals surface area contributed by atoms with Gasteiger partial charge in [0, 0.05) is 12.6 Å². The maximum atomic E-state index is 13.7. The van der Waals surface area contributed by atoms with Crippen molar-refractivity contribution in [2.45, 2.75) is 19.4 Å². The van der Waals surface area contributed by atoms with Crippen LogP contribution in [0.25, 0.3) is 0 Å². The standard InChI is InChI=1S/C13H15F2N3O/c1-19-12-8-10(14)9(7-11(12)15)3-2-6-18-13(16)4-5-17-18/h4-5,7-8H,2-3,6,16H2,1H3. The van der Waals surface area contributed by atoms with Crippen LogP contribution in [0.3, 0.4) is 0 Å². The van der Waals surface area contributed by atoms with Gasteiger partial charge in [0.1, 0.15) is 11.6 Å². The van der Waals surface area contributed by atoms with Crippen molar-refractivity contribution in [2.75, 3.05) is 12.8 Å². The van der Waals surface area contributed by atoms with Crippen LogP contribution in [0.5, 0.6) is 5.75 Å². The first-order chi connectivity index (χ1) is 9.11. The third-order valence-electron chi connectivity index (χ3n) is 2.89. The van der Waals surface area contributed by atoms with Crippen molar-refractivity contribution in [3.63, 3.8) is 0 Å². The van der Waals surface area contributed by atoms with E-state index in [9.17, 15) is 8.78 Å². The van der Waals surface area contributed by atoms with Gasteiger partial charge in [0.05, 0.1) is 13.3 Å². The summed E-state index contributed by atoms with van der Waals surface area (Å²) in [4.78, 5) is 0. The van der Waals surface area contributed by atoms with Crippen molar-refractivity contribution in [3.8, 4) is 5.75 Å². The molecule has 0 radical (unpaired) electrons. The van der Waals surface area contributed by atoms with Crippen LogP contribution in [-0.2, 0) is 13.0 Å². The summed E-state index contributed by atoms with van der Waals surface area (Å²) < 4.78 is 33.5. The number of benzene rings is 1. The summed E-state index contributed by atoms with van der Waals surface area (Å²) in [6, 6.07) is 3.92. The van der Waals surface area contributed by atoms with E-state index in [1.807, 2.05) is 0 Å². The minimum atomic E-state index is -0.558. The lowest BCUT2D eigenvalue weighted by Crippen LogP contribution is -2.06. The highest BCUT2D eigenvalue weighted by atomic mass is 19.1. The summed E-state index contributed by atoms with van der Waals surface area (Å²) >= 11 is 0. The Morgan fingerprint density at radius 3 is 2.74 bits per heavy atom. The highest BCUT2D eigenvalue weighted by Crippen LogP contribution is 2.22. The Bertz CT molecular complexity index is 569. The van der Waals surface area contributed by atoms with Crippen molar-refractivity contribution in [1.29, 1.82) is 0 Å². The van der Waals surface area contributed by atoms with E-state index in [1.54, 1.807) is 16.9 Å². The molecular weight excluding hydrogens is 252 g/mol. The number of anilines is 1. The fourth-order valence-electron chi connectivity index (χ4n) is 1.87. The number of nitrogens with two attached hydrogens (primary N) is 1. The van der Waals surface area contributed by atoms with Crippen molar-refractivity contribution >= 4 is 5.82 Å². The Morgan fingerprint density at radius 1 is 1.32 bits per heavy atom. The highest BCUT2D eigenvalue weighted by Gasteiger charge is 2.10. The van der Waals surface area contributed by atoms with E-state index >= 15 is 0 Å². The van der Waals surface area contributed by atoms with Gasteiger partial charge in [0.25, 0.3) is 0 Å². The average molecular weight is 267 g/mol. The van der Waals surface area contributed by atoms with E-state index < -0.39 is 11.6 Å². The van der Waals surface area contributed by atoms with Gasteiger partial charge in [-0.15, -0.1) is 0 Å². The number of rotatable bonds is 5. The average Bonchev–Trinajstić information content (AvgIpc) is 2.79. The molecule has 19 heavy (non-hydrogen) atoms. The third-order valence-corrected chi connectivity index (χ3v) is 2.89. The lowest BCUT2D eigenvalue weighted by atomic mass is 10.1. The predicted octanol–water partition coefficient (Wildman–Crippen LogP) is 2.38. The fraction of sp³-hybridized carbons (Fsp3) is 0.308. The zero-order valence-electron chi connectivity index (χ0n) is 10.6. The van der Waals surface area contributed by atoms with Gasteiger partial charge >= 0.3 is 0 Å². The maximum Gasteiger partial charge on any atom is 0.165 e. The van der Waals surface area contributed by atoms with Crippen molar-refractivity contribution in [2.24, 2.45) is 0 Å². The molecule has 0 fully saturated rings. The lowest BCUT2D eigenvalue weighted by Gasteiger charge is -2.08. The molecule has 2 aromatic rings. The summed E-state index contributed by atoms with van der Waals surface area (Å²) in [5.41, 5.74) is 5.98. The smallest absolute Gasteiger partial charge is 0.165 e. The molecule has 0 aliphatic rings. The molecule has 2 rings (SSSR count). The molecule has 0 bridgehead atoms. The number of aryl methyl sites for hydroxylation is 2. The van der Waals surface area contributed by atoms with Gasteiger partial charge in [0.15, 0.2) is 11.6 Å². The van der Waals surface area contributed by atoms with Crippen LogP contribution in [0.1, 0.15) is 12.0 Å². The number of methoxy groups -OCH3 is 1. The molecule has 2 N–H and O–H groups in total. The first kappa shape index (κ1) is 13.3. The lowest BCUT2D eigenvalue weighted by molar-refractivity contribution is 0.381. The first-order valence-corrected chi connectivity index (χ1v) is 5.91. The van der Waals surface area contributed by atoms with E-state index in [4.69, 9.17) is 10.5 Å².